The van der Waals surface area contributed by atoms with Gasteiger partial charge in [-0.25, -0.2) is 0 Å². The van der Waals surface area contributed by atoms with E-state index in [1.54, 1.807) is 23.4 Å². The van der Waals surface area contributed by atoms with Gasteiger partial charge in [0.25, 0.3) is 0 Å². The maximum absolute atomic E-state index is 11.0. The highest BCUT2D eigenvalue weighted by molar-refractivity contribution is 8.02. The van der Waals surface area contributed by atoms with E-state index in [1.807, 2.05) is 24.3 Å². The van der Waals surface area contributed by atoms with Crippen molar-refractivity contribution in [3.63, 3.8) is 0 Å². The molecule has 2 rings (SSSR count). The highest BCUT2D eigenvalue weighted by atomic mass is 32.2. The summed E-state index contributed by atoms with van der Waals surface area (Å²) < 4.78 is 0.818. The Morgan fingerprint density at radius 2 is 2.08 bits per heavy atom. The number of benzene rings is 1. The first kappa shape index (κ1) is 7.43. The van der Waals surface area contributed by atoms with Gasteiger partial charge in [-0.2, -0.15) is 4.74 Å². The first-order chi connectivity index (χ1) is 5.86. The highest BCUT2D eigenvalue weighted by Crippen LogP contribution is 2.23. The molecule has 0 saturated heterocycles. The lowest BCUT2D eigenvalue weighted by Crippen LogP contribution is -1.95. The normalized spacial score (nSPS) is 14.8. The fraction of sp³-hybridized carbons (Fsp3) is 0. The van der Waals surface area contributed by atoms with Crippen LogP contribution in [0.2, 0.25) is 0 Å². The zero-order chi connectivity index (χ0) is 8.39. The molecule has 0 fully saturated rings. The Morgan fingerprint density at radius 1 is 1.25 bits per heavy atom. The molecule has 0 bridgehead atoms. The number of nitrogens with zero attached hydrogens (tertiary/aromatic N) is 1. The Labute approximate surface area is 74.8 Å². The number of hydroxylamine groups is 1. The fourth-order valence-electron chi connectivity index (χ4n) is 1.04. The van der Waals surface area contributed by atoms with Crippen molar-refractivity contribution in [3.8, 4) is 0 Å². The number of rotatable bonds is 0. The van der Waals surface area contributed by atoms with Crippen molar-refractivity contribution in [3.05, 3.63) is 46.6 Å². The van der Waals surface area contributed by atoms with E-state index < -0.39 is 0 Å². The van der Waals surface area contributed by atoms with Crippen LogP contribution in [0.25, 0.3) is 0 Å². The molecule has 0 amide bonds. The minimum absolute atomic E-state index is 0.818. The second kappa shape index (κ2) is 3.03. The van der Waals surface area contributed by atoms with E-state index >= 15 is 0 Å². The molecule has 60 valence electrons. The second-order valence-electron chi connectivity index (χ2n) is 2.43. The number of hydrogen-bond acceptors (Lipinski definition) is 2. The predicted octanol–water partition coefficient (Wildman–Crippen LogP) is 2.19. The molecule has 1 aliphatic rings. The average molecular weight is 177 g/mol. The van der Waals surface area contributed by atoms with Crippen molar-refractivity contribution >= 4 is 18.0 Å². The Bertz CT molecular complexity index is 357. The van der Waals surface area contributed by atoms with Gasteiger partial charge >= 0.3 is 0 Å². The molecule has 0 aromatic heterocycles. The fourth-order valence-corrected chi connectivity index (χ4v) is 1.78. The Morgan fingerprint density at radius 3 is 3.00 bits per heavy atom. The minimum atomic E-state index is 0.818. The van der Waals surface area contributed by atoms with Crippen LogP contribution in [0.1, 0.15) is 5.56 Å². The van der Waals surface area contributed by atoms with E-state index in [2.05, 4.69) is 0 Å². The average Bonchev–Trinajstić information content (AvgIpc) is 2.25. The van der Waals surface area contributed by atoms with Crippen molar-refractivity contribution in [2.24, 2.45) is 0 Å². The molecule has 0 atom stereocenters. The van der Waals surface area contributed by atoms with Gasteiger partial charge in [-0.05, 0) is 12.1 Å². The van der Waals surface area contributed by atoms with Gasteiger partial charge in [-0.1, -0.05) is 23.9 Å². The Kier molecular flexibility index (Phi) is 1.87. The summed E-state index contributed by atoms with van der Waals surface area (Å²) >= 11 is 1.56. The molecule has 3 heteroatoms. The summed E-state index contributed by atoms with van der Waals surface area (Å²) in [6.07, 6.45) is 3.08. The van der Waals surface area contributed by atoms with Crippen molar-refractivity contribution < 1.29 is 4.74 Å². The lowest BCUT2D eigenvalue weighted by Gasteiger charge is -1.97. The van der Waals surface area contributed by atoms with Gasteiger partial charge in [-0.3, -0.25) is 0 Å². The highest BCUT2D eigenvalue weighted by Gasteiger charge is 2.04. The lowest BCUT2D eigenvalue weighted by atomic mass is 10.2. The molecule has 1 aromatic rings. The third kappa shape index (κ3) is 1.36. The molecule has 0 saturated carbocycles. The summed E-state index contributed by atoms with van der Waals surface area (Å²) in [5.41, 5.74) is 0.975. The van der Waals surface area contributed by atoms with E-state index in [1.165, 1.54) is 6.20 Å². The topological polar surface area (TPSA) is 26.1 Å². The molecule has 0 N–H and O–H groups in total. The van der Waals surface area contributed by atoms with Crippen LogP contribution in [-0.4, -0.2) is 11.0 Å². The number of fused-ring (bicyclic) bond motifs is 1. The number of hydrogen-bond donors (Lipinski definition) is 0. The Balaban J connectivity index is 2.54. The van der Waals surface area contributed by atoms with E-state index in [4.69, 9.17) is 0 Å². The van der Waals surface area contributed by atoms with Crippen LogP contribution in [0.3, 0.4) is 0 Å². The standard InChI is InChI=1S/C9H7NOS/c11-10-5-6-12-9-4-2-1-3-8(9)7-10/h1-7H. The molecular weight excluding hydrogens is 170 g/mol. The van der Waals surface area contributed by atoms with E-state index in [9.17, 15) is 5.21 Å². The maximum Gasteiger partial charge on any atom is 0.188 e. The van der Waals surface area contributed by atoms with Crippen molar-refractivity contribution in [2.75, 3.05) is 0 Å². The summed E-state index contributed by atoms with van der Waals surface area (Å²) in [7, 11) is 0. The summed E-state index contributed by atoms with van der Waals surface area (Å²) in [6.45, 7) is 0. The van der Waals surface area contributed by atoms with Crippen LogP contribution in [0.15, 0.2) is 40.8 Å². The molecule has 1 heterocycles. The monoisotopic (exact) mass is 177 g/mol. The van der Waals surface area contributed by atoms with Crippen LogP contribution in [-0.2, 0) is 0 Å². The van der Waals surface area contributed by atoms with Gasteiger partial charge < -0.3 is 5.21 Å². The predicted molar refractivity (Wildman–Crippen MR) is 50.2 cm³/mol. The van der Waals surface area contributed by atoms with Crippen molar-refractivity contribution in [1.82, 2.24) is 0 Å². The van der Waals surface area contributed by atoms with E-state index in [-0.39, 0.29) is 0 Å². The van der Waals surface area contributed by atoms with Crippen LogP contribution in [0.5, 0.6) is 0 Å². The molecular formula is C9H7NOS. The smallest absolute Gasteiger partial charge is 0.188 e. The largest absolute Gasteiger partial charge is 0.619 e. The van der Waals surface area contributed by atoms with Crippen LogP contribution >= 0.6 is 11.8 Å². The molecule has 12 heavy (non-hydrogen) atoms. The summed E-state index contributed by atoms with van der Waals surface area (Å²) in [5, 5.41) is 12.8. The van der Waals surface area contributed by atoms with E-state index in [0.29, 0.717) is 0 Å². The lowest BCUT2D eigenvalue weighted by molar-refractivity contribution is -0.371. The van der Waals surface area contributed by atoms with Crippen molar-refractivity contribution in [1.29, 1.82) is 0 Å². The first-order valence-corrected chi connectivity index (χ1v) is 4.47. The molecule has 1 aliphatic heterocycles. The summed E-state index contributed by atoms with van der Waals surface area (Å²) in [4.78, 5) is 1.12. The van der Waals surface area contributed by atoms with Crippen molar-refractivity contribution in [2.45, 2.75) is 4.90 Å². The minimum Gasteiger partial charge on any atom is -0.619 e. The molecule has 0 radical (unpaired) electrons. The van der Waals surface area contributed by atoms with Gasteiger partial charge in [0, 0.05) is 10.3 Å². The first-order valence-electron chi connectivity index (χ1n) is 3.59. The summed E-state index contributed by atoms with van der Waals surface area (Å²) in [5.74, 6) is 0. The summed E-state index contributed by atoms with van der Waals surface area (Å²) in [6, 6.07) is 7.82. The zero-order valence-corrected chi connectivity index (χ0v) is 7.12. The molecule has 0 unspecified atom stereocenters. The quantitative estimate of drug-likeness (QED) is 0.448. The van der Waals surface area contributed by atoms with Crippen LogP contribution < -0.4 is 0 Å². The third-order valence-corrected chi connectivity index (χ3v) is 2.47. The maximum atomic E-state index is 11.0. The molecule has 2 nitrogen and oxygen atoms in total. The van der Waals surface area contributed by atoms with Crippen LogP contribution in [0.4, 0.5) is 0 Å². The Hall–Kier alpha value is -1.22. The molecule has 1 aromatic carbocycles. The van der Waals surface area contributed by atoms with Gasteiger partial charge in [0.05, 0.1) is 5.56 Å². The van der Waals surface area contributed by atoms with Gasteiger partial charge in [-0.15, -0.1) is 0 Å². The van der Waals surface area contributed by atoms with Gasteiger partial charge in [0.2, 0.25) is 0 Å². The van der Waals surface area contributed by atoms with Gasteiger partial charge in [0.1, 0.15) is 0 Å². The van der Waals surface area contributed by atoms with Crippen LogP contribution in [0, 0.1) is 5.21 Å². The second-order valence-corrected chi connectivity index (χ2v) is 3.38. The molecule has 0 aliphatic carbocycles. The third-order valence-electron chi connectivity index (χ3n) is 1.59. The number of thioether (sulfide) groups is 1. The molecule has 0 spiro atoms. The van der Waals surface area contributed by atoms with E-state index in [0.717, 1.165) is 15.2 Å². The SMILES string of the molecule is [O-][N+]1=Cc2ccccc2SC=C1. The zero-order valence-electron chi connectivity index (χ0n) is 6.31. The van der Waals surface area contributed by atoms with Gasteiger partial charge in [0.15, 0.2) is 12.4 Å².